The summed E-state index contributed by atoms with van der Waals surface area (Å²) in [5.41, 5.74) is 3.50. The molecule has 3 atom stereocenters. The van der Waals surface area contributed by atoms with Crippen molar-refractivity contribution < 1.29 is 13.2 Å². The van der Waals surface area contributed by atoms with Crippen LogP contribution >= 0.6 is 0 Å². The molecule has 186 valence electrons. The molecule has 6 heteroatoms. The van der Waals surface area contributed by atoms with Crippen LogP contribution in [0.3, 0.4) is 0 Å². The molecule has 3 unspecified atom stereocenters. The van der Waals surface area contributed by atoms with E-state index in [0.29, 0.717) is 22.3 Å². The molecule has 2 aromatic rings. The molecule has 0 spiro atoms. The third-order valence-corrected chi connectivity index (χ3v) is 9.12. The second-order valence-electron chi connectivity index (χ2n) is 10.2. The average Bonchev–Trinajstić information content (AvgIpc) is 3.60. The van der Waals surface area contributed by atoms with Gasteiger partial charge in [0.05, 0.1) is 16.7 Å². The second kappa shape index (κ2) is 11.0. The van der Waals surface area contributed by atoms with Gasteiger partial charge in [-0.3, -0.25) is 4.79 Å². The summed E-state index contributed by atoms with van der Waals surface area (Å²) in [6, 6.07) is 12.7. The first-order valence-electron chi connectivity index (χ1n) is 12.4. The Morgan fingerprint density at radius 1 is 1.06 bits per heavy atom. The lowest BCUT2D eigenvalue weighted by Gasteiger charge is -2.34. The van der Waals surface area contributed by atoms with E-state index < -0.39 is 9.84 Å². The van der Waals surface area contributed by atoms with Gasteiger partial charge in [0.2, 0.25) is 0 Å². The molecular formula is C28H40N2O3S. The molecule has 1 saturated carbocycles. The Labute approximate surface area is 205 Å². The number of sulfone groups is 1. The van der Waals surface area contributed by atoms with Gasteiger partial charge in [-0.2, -0.15) is 0 Å². The normalized spacial score (nSPS) is 16.8. The van der Waals surface area contributed by atoms with Gasteiger partial charge >= 0.3 is 0 Å². The highest BCUT2D eigenvalue weighted by Gasteiger charge is 2.30. The van der Waals surface area contributed by atoms with Crippen molar-refractivity contribution in [1.82, 2.24) is 10.2 Å². The van der Waals surface area contributed by atoms with Gasteiger partial charge in [-0.1, -0.05) is 50.6 Å². The maximum absolute atomic E-state index is 13.4. The predicted molar refractivity (Wildman–Crippen MR) is 139 cm³/mol. The fourth-order valence-electron chi connectivity index (χ4n) is 4.48. The van der Waals surface area contributed by atoms with Crippen molar-refractivity contribution >= 4 is 15.7 Å². The zero-order valence-corrected chi connectivity index (χ0v) is 22.3. The Balaban J connectivity index is 1.90. The molecule has 0 radical (unpaired) electrons. The zero-order valence-electron chi connectivity index (χ0n) is 21.5. The van der Waals surface area contributed by atoms with E-state index >= 15 is 0 Å². The zero-order chi connectivity index (χ0) is 25.0. The van der Waals surface area contributed by atoms with Crippen LogP contribution in [-0.4, -0.2) is 44.6 Å². The van der Waals surface area contributed by atoms with Gasteiger partial charge in [0.25, 0.3) is 5.91 Å². The van der Waals surface area contributed by atoms with Gasteiger partial charge in [0, 0.05) is 18.2 Å². The number of rotatable bonds is 11. The number of carbonyl (C=O) groups excluding carboxylic acids is 1. The molecule has 1 aliphatic rings. The Kier molecular flexibility index (Phi) is 8.58. The van der Waals surface area contributed by atoms with Crippen molar-refractivity contribution in [2.45, 2.75) is 70.9 Å². The number of nitrogens with one attached hydrogen (secondary N) is 1. The van der Waals surface area contributed by atoms with Crippen molar-refractivity contribution in [3.63, 3.8) is 0 Å². The molecule has 2 aromatic carbocycles. The van der Waals surface area contributed by atoms with E-state index in [0.717, 1.165) is 42.5 Å². The number of amides is 1. The topological polar surface area (TPSA) is 66.5 Å². The van der Waals surface area contributed by atoms with Crippen molar-refractivity contribution in [3.05, 3.63) is 64.7 Å². The molecule has 34 heavy (non-hydrogen) atoms. The minimum atomic E-state index is -3.27. The summed E-state index contributed by atoms with van der Waals surface area (Å²) in [6.07, 6.45) is 3.09. The van der Waals surface area contributed by atoms with Crippen LogP contribution in [0.5, 0.6) is 0 Å². The van der Waals surface area contributed by atoms with Gasteiger partial charge in [0.15, 0.2) is 9.84 Å². The molecular weight excluding hydrogens is 444 g/mol. The fourth-order valence-corrected chi connectivity index (χ4v) is 6.18. The fraction of sp³-hybridized carbons (Fsp3) is 0.536. The van der Waals surface area contributed by atoms with Gasteiger partial charge in [0.1, 0.15) is 0 Å². The van der Waals surface area contributed by atoms with Crippen LogP contribution in [0.2, 0.25) is 0 Å². The van der Waals surface area contributed by atoms with E-state index in [4.69, 9.17) is 0 Å². The molecule has 1 N–H and O–H groups in total. The van der Waals surface area contributed by atoms with E-state index in [2.05, 4.69) is 38.0 Å². The minimum Gasteiger partial charge on any atom is -0.344 e. The van der Waals surface area contributed by atoms with Crippen molar-refractivity contribution in [3.8, 4) is 0 Å². The van der Waals surface area contributed by atoms with Crippen LogP contribution in [0.1, 0.15) is 73.1 Å². The van der Waals surface area contributed by atoms with Crippen LogP contribution in [-0.2, 0) is 9.84 Å². The summed E-state index contributed by atoms with van der Waals surface area (Å²) < 4.78 is 25.4. The second-order valence-corrected chi connectivity index (χ2v) is 12.2. The molecule has 0 aliphatic heterocycles. The third-order valence-electron chi connectivity index (χ3n) is 7.22. The van der Waals surface area contributed by atoms with Crippen molar-refractivity contribution in [1.29, 1.82) is 0 Å². The van der Waals surface area contributed by atoms with Crippen molar-refractivity contribution in [2.24, 2.45) is 11.8 Å². The molecule has 0 bridgehead atoms. The highest BCUT2D eigenvalue weighted by atomic mass is 32.2. The monoisotopic (exact) mass is 484 g/mol. The number of benzene rings is 2. The van der Waals surface area contributed by atoms with E-state index in [9.17, 15) is 13.2 Å². The summed E-state index contributed by atoms with van der Waals surface area (Å²) in [5, 5.41) is 3.27. The lowest BCUT2D eigenvalue weighted by atomic mass is 9.96. The standard InChI is InChI=1S/C28H40N2O3S/c1-7-19(2)17-30(6)22(5)27(29-28(31)26-20(3)9-8-10-21(26)4)24-13-15-25(16-14-24)34(32,33)18-23-11-12-23/h8-10,13-16,19,22-23,27H,7,11-12,17-18H2,1-6H3,(H,29,31). The molecule has 0 saturated heterocycles. The maximum atomic E-state index is 13.4. The van der Waals surface area contributed by atoms with Gasteiger partial charge in [-0.15, -0.1) is 0 Å². The smallest absolute Gasteiger partial charge is 0.252 e. The molecule has 3 rings (SSSR count). The summed E-state index contributed by atoms with van der Waals surface area (Å²) >= 11 is 0. The van der Waals surface area contributed by atoms with E-state index in [-0.39, 0.29) is 23.7 Å². The van der Waals surface area contributed by atoms with E-state index in [1.54, 1.807) is 12.1 Å². The Morgan fingerprint density at radius 3 is 2.18 bits per heavy atom. The number of nitrogens with zero attached hydrogens (tertiary/aromatic N) is 1. The van der Waals surface area contributed by atoms with Gasteiger partial charge in [-0.25, -0.2) is 8.42 Å². The van der Waals surface area contributed by atoms with Crippen LogP contribution in [0.15, 0.2) is 47.4 Å². The highest BCUT2D eigenvalue weighted by molar-refractivity contribution is 7.91. The molecule has 0 heterocycles. The van der Waals surface area contributed by atoms with Crippen LogP contribution in [0, 0.1) is 25.7 Å². The van der Waals surface area contributed by atoms with E-state index in [1.807, 2.05) is 44.2 Å². The first kappa shape index (κ1) is 26.4. The number of carbonyl (C=O) groups is 1. The Hall–Kier alpha value is -2.18. The molecule has 1 aliphatic carbocycles. The summed E-state index contributed by atoms with van der Waals surface area (Å²) in [7, 11) is -1.18. The number of hydrogen-bond acceptors (Lipinski definition) is 4. The maximum Gasteiger partial charge on any atom is 0.252 e. The van der Waals surface area contributed by atoms with Crippen LogP contribution in [0.25, 0.3) is 0 Å². The van der Waals surface area contributed by atoms with Crippen LogP contribution in [0.4, 0.5) is 0 Å². The van der Waals surface area contributed by atoms with E-state index in [1.165, 1.54) is 0 Å². The summed E-state index contributed by atoms with van der Waals surface area (Å²) in [5.74, 6) is 0.975. The number of aryl methyl sites for hydroxylation is 2. The highest BCUT2D eigenvalue weighted by Crippen LogP contribution is 2.33. The van der Waals surface area contributed by atoms with Crippen molar-refractivity contribution in [2.75, 3.05) is 19.3 Å². The minimum absolute atomic E-state index is 0.0243. The predicted octanol–water partition coefficient (Wildman–Crippen LogP) is 5.32. The summed E-state index contributed by atoms with van der Waals surface area (Å²) in [4.78, 5) is 16.0. The average molecular weight is 485 g/mol. The Bertz CT molecular complexity index is 1070. The number of likely N-dealkylation sites (N-methyl/N-ethyl adjacent to an activating group) is 1. The quantitative estimate of drug-likeness (QED) is 0.468. The van der Waals surface area contributed by atoms with Crippen LogP contribution < -0.4 is 5.32 Å². The Morgan fingerprint density at radius 2 is 1.65 bits per heavy atom. The molecule has 1 amide bonds. The largest absolute Gasteiger partial charge is 0.344 e. The molecule has 0 aromatic heterocycles. The first-order chi connectivity index (χ1) is 16.0. The molecule has 1 fully saturated rings. The van der Waals surface area contributed by atoms with Gasteiger partial charge in [-0.05, 0) is 81.3 Å². The lowest BCUT2D eigenvalue weighted by molar-refractivity contribution is 0.0898. The SMILES string of the molecule is CCC(C)CN(C)C(C)C(NC(=O)c1c(C)cccc1C)c1ccc(S(=O)(=O)CC2CC2)cc1. The summed E-state index contributed by atoms with van der Waals surface area (Å²) in [6.45, 7) is 11.4. The third kappa shape index (κ3) is 6.48. The lowest BCUT2D eigenvalue weighted by Crippen LogP contribution is -2.44. The molecule has 5 nitrogen and oxygen atoms in total. The number of hydrogen-bond donors (Lipinski definition) is 1. The van der Waals surface area contributed by atoms with Gasteiger partial charge < -0.3 is 10.2 Å². The first-order valence-corrected chi connectivity index (χ1v) is 14.1.